The molecular weight excluding hydrogens is 330 g/mol. The van der Waals surface area contributed by atoms with Gasteiger partial charge < -0.3 is 9.84 Å². The van der Waals surface area contributed by atoms with E-state index in [1.807, 2.05) is 54.6 Å². The molecule has 0 fully saturated rings. The molecule has 128 valence electrons. The van der Waals surface area contributed by atoms with Crippen LogP contribution in [0.5, 0.6) is 5.75 Å². The zero-order valence-corrected chi connectivity index (χ0v) is 13.7. The molecule has 0 amide bonds. The van der Waals surface area contributed by atoms with Crippen LogP contribution < -0.4 is 4.74 Å². The van der Waals surface area contributed by atoms with Crippen LogP contribution in [-0.4, -0.2) is 32.4 Å². The van der Waals surface area contributed by atoms with Gasteiger partial charge in [0.2, 0.25) is 0 Å². The van der Waals surface area contributed by atoms with Gasteiger partial charge in [0.25, 0.3) is 0 Å². The average Bonchev–Trinajstić information content (AvgIpc) is 3.07. The normalized spacial score (nSPS) is 10.8. The van der Waals surface area contributed by atoms with Gasteiger partial charge in [0.1, 0.15) is 11.4 Å². The summed E-state index contributed by atoms with van der Waals surface area (Å²) >= 11 is 0. The van der Waals surface area contributed by atoms with Crippen LogP contribution in [0.15, 0.2) is 72.9 Å². The van der Waals surface area contributed by atoms with E-state index in [0.717, 1.165) is 28.0 Å². The Morgan fingerprint density at radius 1 is 1.00 bits per heavy atom. The molecule has 2 heterocycles. The molecule has 0 bridgehead atoms. The molecule has 0 atom stereocenters. The van der Waals surface area contributed by atoms with Crippen molar-refractivity contribution < 1.29 is 14.6 Å². The summed E-state index contributed by atoms with van der Waals surface area (Å²) in [7, 11) is 0. The Balaban J connectivity index is 1.76. The molecule has 6 heteroatoms. The predicted octanol–water partition coefficient (Wildman–Crippen LogP) is 3.55. The van der Waals surface area contributed by atoms with Crippen molar-refractivity contribution in [3.8, 4) is 22.7 Å². The van der Waals surface area contributed by atoms with Gasteiger partial charge in [0, 0.05) is 17.1 Å². The minimum absolute atomic E-state index is 0.371. The van der Waals surface area contributed by atoms with E-state index < -0.39 is 5.97 Å². The van der Waals surface area contributed by atoms with Crippen LogP contribution in [0, 0.1) is 0 Å². The van der Waals surface area contributed by atoms with Crippen molar-refractivity contribution in [2.45, 2.75) is 0 Å². The topological polar surface area (TPSA) is 77.2 Å². The van der Waals surface area contributed by atoms with Crippen molar-refractivity contribution in [2.75, 3.05) is 6.61 Å². The summed E-state index contributed by atoms with van der Waals surface area (Å²) in [5.74, 6) is -0.521. The molecule has 0 aliphatic rings. The number of pyridine rings is 1. The lowest BCUT2D eigenvalue weighted by atomic mass is 10.1. The van der Waals surface area contributed by atoms with Crippen LogP contribution in [-0.2, 0) is 4.79 Å². The summed E-state index contributed by atoms with van der Waals surface area (Å²) < 4.78 is 6.95. The van der Waals surface area contributed by atoms with Gasteiger partial charge in [-0.2, -0.15) is 5.10 Å². The average molecular weight is 345 g/mol. The summed E-state index contributed by atoms with van der Waals surface area (Å²) in [5.41, 5.74) is 3.45. The first-order valence-corrected chi connectivity index (χ1v) is 8.06. The highest BCUT2D eigenvalue weighted by molar-refractivity contribution is 5.91. The third-order valence-electron chi connectivity index (χ3n) is 3.93. The van der Waals surface area contributed by atoms with Crippen molar-refractivity contribution in [2.24, 2.45) is 0 Å². The van der Waals surface area contributed by atoms with Crippen molar-refractivity contribution in [1.82, 2.24) is 14.8 Å². The number of aliphatic carboxylic acids is 1. The molecule has 6 nitrogen and oxygen atoms in total. The molecule has 4 rings (SSSR count). The Kier molecular flexibility index (Phi) is 4.07. The molecule has 0 saturated carbocycles. The molecule has 26 heavy (non-hydrogen) atoms. The maximum Gasteiger partial charge on any atom is 0.341 e. The quantitative estimate of drug-likeness (QED) is 0.598. The number of nitrogens with zero attached hydrogens (tertiary/aromatic N) is 3. The molecule has 0 spiro atoms. The lowest BCUT2D eigenvalue weighted by molar-refractivity contribution is -0.139. The maximum absolute atomic E-state index is 10.6. The van der Waals surface area contributed by atoms with Gasteiger partial charge in [0.05, 0.1) is 5.69 Å². The van der Waals surface area contributed by atoms with Crippen LogP contribution in [0.2, 0.25) is 0 Å². The first-order valence-electron chi connectivity index (χ1n) is 8.06. The summed E-state index contributed by atoms with van der Waals surface area (Å²) in [6.45, 7) is -0.371. The largest absolute Gasteiger partial charge is 0.482 e. The Morgan fingerprint density at radius 3 is 2.50 bits per heavy atom. The van der Waals surface area contributed by atoms with Crippen molar-refractivity contribution in [3.05, 3.63) is 72.9 Å². The van der Waals surface area contributed by atoms with Gasteiger partial charge in [-0.3, -0.25) is 0 Å². The van der Waals surface area contributed by atoms with Crippen LogP contribution in [0.25, 0.3) is 28.0 Å². The number of carboxylic acid groups (broad SMARTS) is 1. The molecule has 0 aliphatic carbocycles. The number of rotatable bonds is 5. The van der Waals surface area contributed by atoms with Crippen LogP contribution in [0.3, 0.4) is 0 Å². The number of hydrogen-bond donors (Lipinski definition) is 1. The zero-order valence-electron chi connectivity index (χ0n) is 13.7. The fraction of sp³-hybridized carbons (Fsp3) is 0.0500. The highest BCUT2D eigenvalue weighted by Gasteiger charge is 2.14. The van der Waals surface area contributed by atoms with Crippen LogP contribution in [0.4, 0.5) is 0 Å². The third kappa shape index (κ3) is 3.00. The summed E-state index contributed by atoms with van der Waals surface area (Å²) in [4.78, 5) is 15.1. The van der Waals surface area contributed by atoms with Gasteiger partial charge in [-0.1, -0.05) is 30.3 Å². The van der Waals surface area contributed by atoms with Crippen LogP contribution in [0.1, 0.15) is 0 Å². The monoisotopic (exact) mass is 345 g/mol. The SMILES string of the molecule is O=C(O)COc1ccc(-n2nc(-c3ccccc3)c3cccnc32)cc1. The van der Waals surface area contributed by atoms with E-state index >= 15 is 0 Å². The smallest absolute Gasteiger partial charge is 0.341 e. The number of fused-ring (bicyclic) bond motifs is 1. The fourth-order valence-electron chi connectivity index (χ4n) is 2.77. The van der Waals surface area contributed by atoms with Gasteiger partial charge in [-0.25, -0.2) is 14.5 Å². The minimum Gasteiger partial charge on any atom is -0.482 e. The highest BCUT2D eigenvalue weighted by Crippen LogP contribution is 2.28. The number of aromatic nitrogens is 3. The molecule has 0 radical (unpaired) electrons. The number of hydrogen-bond acceptors (Lipinski definition) is 4. The Bertz CT molecular complexity index is 1060. The van der Waals surface area contributed by atoms with E-state index in [0.29, 0.717) is 5.75 Å². The Hall–Kier alpha value is -3.67. The van der Waals surface area contributed by atoms with Gasteiger partial charge >= 0.3 is 5.97 Å². The molecule has 2 aromatic carbocycles. The van der Waals surface area contributed by atoms with Crippen LogP contribution >= 0.6 is 0 Å². The predicted molar refractivity (Wildman–Crippen MR) is 97.4 cm³/mol. The second-order valence-electron chi connectivity index (χ2n) is 5.68. The fourth-order valence-corrected chi connectivity index (χ4v) is 2.77. The van der Waals surface area contributed by atoms with E-state index in [1.54, 1.807) is 23.0 Å². The number of carbonyl (C=O) groups is 1. The third-order valence-corrected chi connectivity index (χ3v) is 3.93. The standard InChI is InChI=1S/C20H15N3O3/c24-18(25)13-26-16-10-8-15(9-11-16)23-20-17(7-4-12-21-20)19(22-23)14-5-2-1-3-6-14/h1-12H,13H2,(H,24,25). The summed E-state index contributed by atoms with van der Waals surface area (Å²) in [6.07, 6.45) is 1.74. The molecule has 1 N–H and O–H groups in total. The van der Waals surface area contributed by atoms with E-state index in [-0.39, 0.29) is 6.61 Å². The van der Waals surface area contributed by atoms with Crippen molar-refractivity contribution in [3.63, 3.8) is 0 Å². The van der Waals surface area contributed by atoms with E-state index in [9.17, 15) is 4.79 Å². The Labute approximate surface area is 149 Å². The molecule has 0 saturated heterocycles. The second kappa shape index (κ2) is 6.68. The highest BCUT2D eigenvalue weighted by atomic mass is 16.5. The van der Waals surface area contributed by atoms with E-state index in [2.05, 4.69) is 4.98 Å². The van der Waals surface area contributed by atoms with Crippen molar-refractivity contribution in [1.29, 1.82) is 0 Å². The number of benzene rings is 2. The maximum atomic E-state index is 10.6. The van der Waals surface area contributed by atoms with Crippen molar-refractivity contribution >= 4 is 17.0 Å². The van der Waals surface area contributed by atoms with Gasteiger partial charge in [0.15, 0.2) is 12.3 Å². The first kappa shape index (κ1) is 15.8. The zero-order chi connectivity index (χ0) is 17.9. The van der Waals surface area contributed by atoms with E-state index in [4.69, 9.17) is 14.9 Å². The summed E-state index contributed by atoms with van der Waals surface area (Å²) in [6, 6.07) is 20.9. The Morgan fingerprint density at radius 2 is 1.77 bits per heavy atom. The molecule has 2 aromatic heterocycles. The molecular formula is C20H15N3O3. The number of carboxylic acids is 1. The lowest BCUT2D eigenvalue weighted by Gasteiger charge is -2.06. The van der Waals surface area contributed by atoms with Gasteiger partial charge in [-0.15, -0.1) is 0 Å². The summed E-state index contributed by atoms with van der Waals surface area (Å²) in [5, 5.41) is 14.4. The lowest BCUT2D eigenvalue weighted by Crippen LogP contribution is -2.09. The molecule has 4 aromatic rings. The molecule has 0 aliphatic heterocycles. The second-order valence-corrected chi connectivity index (χ2v) is 5.68. The van der Waals surface area contributed by atoms with Gasteiger partial charge in [-0.05, 0) is 36.4 Å². The minimum atomic E-state index is -1.01. The molecule has 0 unspecified atom stereocenters. The first-order chi connectivity index (χ1) is 12.7. The van der Waals surface area contributed by atoms with E-state index in [1.165, 1.54) is 0 Å². The number of ether oxygens (including phenoxy) is 1.